The number of hydrazone groups is 1. The van der Waals surface area contributed by atoms with E-state index in [-0.39, 0.29) is 5.91 Å². The van der Waals surface area contributed by atoms with Gasteiger partial charge in [0.1, 0.15) is 11.4 Å². The third-order valence-electron chi connectivity index (χ3n) is 4.99. The highest BCUT2D eigenvalue weighted by molar-refractivity contribution is 6.30. The van der Waals surface area contributed by atoms with Crippen molar-refractivity contribution >= 4 is 23.7 Å². The van der Waals surface area contributed by atoms with Gasteiger partial charge in [0.15, 0.2) is 0 Å². The van der Waals surface area contributed by atoms with Gasteiger partial charge in [-0.25, -0.2) is 5.43 Å². The van der Waals surface area contributed by atoms with Gasteiger partial charge in [-0.1, -0.05) is 62.8 Å². The molecule has 1 aromatic heterocycles. The molecule has 0 atom stereocenters. The number of ether oxygens (including phenoxy) is 1. The number of amides is 1. The summed E-state index contributed by atoms with van der Waals surface area (Å²) in [6.07, 6.45) is 9.00. The van der Waals surface area contributed by atoms with E-state index in [4.69, 9.17) is 16.3 Å². The second kappa shape index (κ2) is 12.7. The number of benzene rings is 2. The number of nitrogens with one attached hydrogen (secondary N) is 2. The van der Waals surface area contributed by atoms with Crippen molar-refractivity contribution in [3.63, 3.8) is 0 Å². The molecule has 2 aromatic carbocycles. The van der Waals surface area contributed by atoms with Crippen molar-refractivity contribution in [3.8, 4) is 17.0 Å². The normalized spacial score (nSPS) is 11.1. The van der Waals surface area contributed by atoms with E-state index in [0.717, 1.165) is 29.9 Å². The summed E-state index contributed by atoms with van der Waals surface area (Å²) in [6.45, 7) is 2.96. The zero-order valence-electron chi connectivity index (χ0n) is 18.3. The van der Waals surface area contributed by atoms with Crippen LogP contribution in [0.15, 0.2) is 59.7 Å². The van der Waals surface area contributed by atoms with Crippen LogP contribution in [0.25, 0.3) is 11.3 Å². The van der Waals surface area contributed by atoms with Gasteiger partial charge in [-0.15, -0.1) is 0 Å². The van der Waals surface area contributed by atoms with Crippen LogP contribution in [-0.4, -0.2) is 28.9 Å². The highest BCUT2D eigenvalue weighted by Crippen LogP contribution is 2.21. The third-order valence-corrected chi connectivity index (χ3v) is 5.24. The molecular formula is C25H29ClN4O2. The molecule has 0 aliphatic heterocycles. The number of hydrogen-bond acceptors (Lipinski definition) is 4. The van der Waals surface area contributed by atoms with Gasteiger partial charge in [0.25, 0.3) is 5.91 Å². The van der Waals surface area contributed by atoms with E-state index in [9.17, 15) is 4.79 Å². The molecule has 0 saturated carbocycles. The molecular weight excluding hydrogens is 424 g/mol. The maximum absolute atomic E-state index is 12.3. The lowest BCUT2D eigenvalue weighted by molar-refractivity contribution is 0.0950. The SMILES string of the molecule is CCCCCCCCOc1ccc(-c2cc(C(=O)NN=Cc3ccc(Cl)cc3)[nH]n2)cc1. The van der Waals surface area contributed by atoms with Crippen molar-refractivity contribution in [2.45, 2.75) is 45.4 Å². The highest BCUT2D eigenvalue weighted by Gasteiger charge is 2.10. The Kier molecular flexibility index (Phi) is 9.32. The van der Waals surface area contributed by atoms with E-state index in [1.807, 2.05) is 36.4 Å². The van der Waals surface area contributed by atoms with Crippen molar-refractivity contribution < 1.29 is 9.53 Å². The van der Waals surface area contributed by atoms with Gasteiger partial charge < -0.3 is 4.74 Å². The van der Waals surface area contributed by atoms with Crippen LogP contribution in [0.1, 0.15) is 61.5 Å². The van der Waals surface area contributed by atoms with Crippen LogP contribution >= 0.6 is 11.6 Å². The maximum atomic E-state index is 12.3. The van der Waals surface area contributed by atoms with E-state index in [1.54, 1.807) is 24.4 Å². The molecule has 0 aliphatic rings. The number of aromatic nitrogens is 2. The van der Waals surface area contributed by atoms with Gasteiger partial charge in [-0.05, 0) is 54.4 Å². The number of carbonyl (C=O) groups excluding carboxylic acids is 1. The van der Waals surface area contributed by atoms with Crippen LogP contribution in [0.5, 0.6) is 5.75 Å². The smallest absolute Gasteiger partial charge is 0.289 e. The quantitative estimate of drug-likeness (QED) is 0.194. The van der Waals surface area contributed by atoms with Crippen molar-refractivity contribution in [2.24, 2.45) is 5.10 Å². The molecule has 0 radical (unpaired) electrons. The molecule has 0 aliphatic carbocycles. The molecule has 0 bridgehead atoms. The first kappa shape index (κ1) is 23.5. The molecule has 1 heterocycles. The summed E-state index contributed by atoms with van der Waals surface area (Å²) in [5.41, 5.74) is 5.23. The van der Waals surface area contributed by atoms with Crippen molar-refractivity contribution in [3.05, 3.63) is 70.9 Å². The predicted molar refractivity (Wildman–Crippen MR) is 129 cm³/mol. The average molecular weight is 453 g/mol. The summed E-state index contributed by atoms with van der Waals surface area (Å²) in [7, 11) is 0. The van der Waals surface area contributed by atoms with E-state index >= 15 is 0 Å². The number of halogens is 1. The first-order valence-electron chi connectivity index (χ1n) is 11.0. The highest BCUT2D eigenvalue weighted by atomic mass is 35.5. The number of rotatable bonds is 12. The van der Waals surface area contributed by atoms with Crippen molar-refractivity contribution in [1.29, 1.82) is 0 Å². The topological polar surface area (TPSA) is 79.4 Å². The Morgan fingerprint density at radius 1 is 1.06 bits per heavy atom. The van der Waals surface area contributed by atoms with Gasteiger partial charge in [0.2, 0.25) is 0 Å². The van der Waals surface area contributed by atoms with E-state index in [2.05, 4.69) is 27.6 Å². The Morgan fingerprint density at radius 2 is 1.78 bits per heavy atom. The molecule has 0 unspecified atom stereocenters. The van der Waals surface area contributed by atoms with Crippen molar-refractivity contribution in [1.82, 2.24) is 15.6 Å². The van der Waals surface area contributed by atoms with Crippen LogP contribution in [-0.2, 0) is 0 Å². The minimum absolute atomic E-state index is 0.330. The summed E-state index contributed by atoms with van der Waals surface area (Å²) < 4.78 is 5.82. The summed E-state index contributed by atoms with van der Waals surface area (Å²) in [4.78, 5) is 12.3. The molecule has 0 saturated heterocycles. The summed E-state index contributed by atoms with van der Waals surface area (Å²) in [5, 5.41) is 11.6. The van der Waals surface area contributed by atoms with Crippen LogP contribution in [0.2, 0.25) is 5.02 Å². The average Bonchev–Trinajstić information content (AvgIpc) is 3.31. The van der Waals surface area contributed by atoms with E-state index in [1.165, 1.54) is 32.1 Å². The first-order valence-corrected chi connectivity index (χ1v) is 11.4. The van der Waals surface area contributed by atoms with Gasteiger partial charge in [0, 0.05) is 10.6 Å². The molecule has 0 fully saturated rings. The Labute approximate surface area is 194 Å². The second-order valence-electron chi connectivity index (χ2n) is 7.56. The zero-order valence-corrected chi connectivity index (χ0v) is 19.1. The first-order chi connectivity index (χ1) is 15.7. The largest absolute Gasteiger partial charge is 0.494 e. The Bertz CT molecular complexity index is 998. The molecule has 2 N–H and O–H groups in total. The Hall–Kier alpha value is -3.12. The Balaban J connectivity index is 1.46. The van der Waals surface area contributed by atoms with Gasteiger partial charge in [-0.2, -0.15) is 10.2 Å². The molecule has 3 aromatic rings. The maximum Gasteiger partial charge on any atom is 0.289 e. The van der Waals surface area contributed by atoms with Crippen molar-refractivity contribution in [2.75, 3.05) is 6.61 Å². The molecule has 7 heteroatoms. The minimum atomic E-state index is -0.368. The third kappa shape index (κ3) is 7.54. The number of nitrogens with zero attached hydrogens (tertiary/aromatic N) is 2. The lowest BCUT2D eigenvalue weighted by atomic mass is 10.1. The molecule has 0 spiro atoms. The predicted octanol–water partition coefficient (Wildman–Crippen LogP) is 6.23. The lowest BCUT2D eigenvalue weighted by Gasteiger charge is -2.06. The molecule has 3 rings (SSSR count). The number of carbonyl (C=O) groups is 1. The molecule has 6 nitrogen and oxygen atoms in total. The van der Waals surface area contributed by atoms with Crippen LogP contribution in [0.3, 0.4) is 0 Å². The molecule has 32 heavy (non-hydrogen) atoms. The number of unbranched alkanes of at least 4 members (excludes halogenated alkanes) is 5. The van der Waals surface area contributed by atoms with Gasteiger partial charge >= 0.3 is 0 Å². The van der Waals surface area contributed by atoms with Gasteiger partial charge in [-0.3, -0.25) is 9.89 Å². The van der Waals surface area contributed by atoms with Crippen LogP contribution < -0.4 is 10.2 Å². The number of H-pyrrole nitrogens is 1. The standard InChI is InChI=1S/C25H29ClN4O2/c1-2-3-4-5-6-7-16-32-22-14-10-20(11-15-22)23-17-24(29-28-23)25(31)30-27-18-19-8-12-21(26)13-9-19/h8-15,17-18H,2-7,16H2,1H3,(H,28,29)(H,30,31). The summed E-state index contributed by atoms with van der Waals surface area (Å²) in [6, 6.07) is 16.6. The fourth-order valence-corrected chi connectivity index (χ4v) is 3.28. The van der Waals surface area contributed by atoms with E-state index < -0.39 is 0 Å². The minimum Gasteiger partial charge on any atom is -0.494 e. The fourth-order valence-electron chi connectivity index (χ4n) is 3.15. The Morgan fingerprint density at radius 3 is 2.53 bits per heavy atom. The monoisotopic (exact) mass is 452 g/mol. The zero-order chi connectivity index (χ0) is 22.6. The number of hydrogen-bond donors (Lipinski definition) is 2. The fraction of sp³-hybridized carbons (Fsp3) is 0.320. The van der Waals surface area contributed by atoms with Gasteiger partial charge in [0.05, 0.1) is 18.5 Å². The summed E-state index contributed by atoms with van der Waals surface area (Å²) >= 11 is 5.85. The van der Waals surface area contributed by atoms with Crippen LogP contribution in [0.4, 0.5) is 0 Å². The number of aromatic amines is 1. The second-order valence-corrected chi connectivity index (χ2v) is 7.99. The van der Waals surface area contributed by atoms with E-state index in [0.29, 0.717) is 16.4 Å². The molecule has 1 amide bonds. The van der Waals surface area contributed by atoms with Crippen LogP contribution in [0, 0.1) is 0 Å². The lowest BCUT2D eigenvalue weighted by Crippen LogP contribution is -2.17. The summed E-state index contributed by atoms with van der Waals surface area (Å²) in [5.74, 6) is 0.472. The molecule has 168 valence electrons.